The molecule has 2 aromatic carbocycles. The lowest BCUT2D eigenvalue weighted by Crippen LogP contribution is -2.52. The molecule has 2 aromatic rings. The van der Waals surface area contributed by atoms with E-state index in [0.717, 1.165) is 11.1 Å². The highest BCUT2D eigenvalue weighted by Crippen LogP contribution is 2.44. The molecule has 7 heteroatoms. The van der Waals surface area contributed by atoms with Crippen LogP contribution in [0.4, 0.5) is 4.79 Å². The molecule has 35 heavy (non-hydrogen) atoms. The summed E-state index contributed by atoms with van der Waals surface area (Å²) in [5.41, 5.74) is 3.59. The first kappa shape index (κ1) is 24.8. The van der Waals surface area contributed by atoms with E-state index in [1.165, 1.54) is 11.1 Å². The molecular weight excluding hydrogens is 444 g/mol. The number of hydrogen-bond acceptors (Lipinski definition) is 4. The quantitative estimate of drug-likeness (QED) is 0.495. The number of carbonyl (C=O) groups excluding carboxylic acids is 2. The second kappa shape index (κ2) is 9.72. The Bertz CT molecular complexity index is 1080. The van der Waals surface area contributed by atoms with Crippen LogP contribution >= 0.6 is 0 Å². The Morgan fingerprint density at radius 2 is 1.60 bits per heavy atom. The number of carboxylic acids is 1. The van der Waals surface area contributed by atoms with Gasteiger partial charge >= 0.3 is 12.1 Å². The third-order valence-corrected chi connectivity index (χ3v) is 7.40. The molecule has 0 spiro atoms. The van der Waals surface area contributed by atoms with Gasteiger partial charge in [0.15, 0.2) is 0 Å². The largest absolute Gasteiger partial charge is 0.481 e. The first-order valence-electron chi connectivity index (χ1n) is 12.2. The number of carbonyl (C=O) groups is 3. The van der Waals surface area contributed by atoms with Gasteiger partial charge in [-0.2, -0.15) is 0 Å². The predicted octanol–water partition coefficient (Wildman–Crippen LogP) is 4.41. The fraction of sp³-hybridized carbons (Fsp3) is 0.464. The average Bonchev–Trinajstić information content (AvgIpc) is 3.54. The van der Waals surface area contributed by atoms with Crippen molar-refractivity contribution in [1.82, 2.24) is 10.6 Å². The minimum absolute atomic E-state index is 0.00171. The Kier molecular flexibility index (Phi) is 6.88. The third kappa shape index (κ3) is 5.04. The first-order chi connectivity index (χ1) is 16.6. The summed E-state index contributed by atoms with van der Waals surface area (Å²) in [4.78, 5) is 36.8. The lowest BCUT2D eigenvalue weighted by molar-refractivity contribution is -0.150. The van der Waals surface area contributed by atoms with Gasteiger partial charge in [-0.1, -0.05) is 62.4 Å². The monoisotopic (exact) mass is 478 g/mol. The van der Waals surface area contributed by atoms with Gasteiger partial charge in [-0.25, -0.2) is 4.79 Å². The Morgan fingerprint density at radius 1 is 1.03 bits per heavy atom. The molecule has 0 aromatic heterocycles. The van der Waals surface area contributed by atoms with E-state index < -0.39 is 23.5 Å². The number of nitrogens with one attached hydrogen (secondary N) is 2. The van der Waals surface area contributed by atoms with E-state index in [9.17, 15) is 19.5 Å². The molecule has 7 nitrogen and oxygen atoms in total. The summed E-state index contributed by atoms with van der Waals surface area (Å²) in [6.45, 7) is 7.66. The first-order valence-corrected chi connectivity index (χ1v) is 12.2. The number of hydrogen-bond donors (Lipinski definition) is 3. The van der Waals surface area contributed by atoms with E-state index in [0.29, 0.717) is 13.0 Å². The predicted molar refractivity (Wildman–Crippen MR) is 133 cm³/mol. The normalized spacial score (nSPS) is 19.5. The highest BCUT2D eigenvalue weighted by molar-refractivity contribution is 5.84. The van der Waals surface area contributed by atoms with Crippen LogP contribution in [0, 0.1) is 23.2 Å². The maximum atomic E-state index is 12.7. The molecular formula is C28H34N2O5. The molecule has 3 atom stereocenters. The van der Waals surface area contributed by atoms with Crippen LogP contribution in [0.25, 0.3) is 11.1 Å². The van der Waals surface area contributed by atoms with Gasteiger partial charge in [-0.05, 0) is 54.4 Å². The molecule has 1 fully saturated rings. The van der Waals surface area contributed by atoms with Crippen LogP contribution in [-0.4, -0.2) is 42.3 Å². The average molecular weight is 479 g/mol. The lowest BCUT2D eigenvalue weighted by atomic mass is 9.78. The van der Waals surface area contributed by atoms with Crippen LogP contribution in [0.3, 0.4) is 0 Å². The van der Waals surface area contributed by atoms with Gasteiger partial charge < -0.3 is 20.5 Å². The smallest absolute Gasteiger partial charge is 0.407 e. The molecule has 1 saturated carbocycles. The Morgan fingerprint density at radius 3 is 2.14 bits per heavy atom. The second-order valence-electron chi connectivity index (χ2n) is 10.6. The fourth-order valence-corrected chi connectivity index (χ4v) is 5.23. The van der Waals surface area contributed by atoms with Crippen molar-refractivity contribution in [3.05, 3.63) is 59.7 Å². The number of alkyl carbamates (subject to hydrolysis) is 1. The van der Waals surface area contributed by atoms with Crippen LogP contribution in [0.2, 0.25) is 0 Å². The topological polar surface area (TPSA) is 105 Å². The second-order valence-corrected chi connectivity index (χ2v) is 10.6. The highest BCUT2D eigenvalue weighted by Gasteiger charge is 2.46. The van der Waals surface area contributed by atoms with Crippen molar-refractivity contribution in [3.63, 3.8) is 0 Å². The van der Waals surface area contributed by atoms with E-state index in [1.807, 2.05) is 38.1 Å². The maximum Gasteiger partial charge on any atom is 0.407 e. The molecule has 0 radical (unpaired) electrons. The van der Waals surface area contributed by atoms with Crippen molar-refractivity contribution in [3.8, 4) is 11.1 Å². The van der Waals surface area contributed by atoms with Crippen molar-refractivity contribution in [2.24, 2.45) is 23.2 Å². The number of fused-ring (bicyclic) bond motifs is 3. The maximum absolute atomic E-state index is 12.7. The van der Waals surface area contributed by atoms with Gasteiger partial charge in [-0.3, -0.25) is 9.59 Å². The molecule has 0 bridgehead atoms. The van der Waals surface area contributed by atoms with Crippen molar-refractivity contribution < 1.29 is 24.2 Å². The van der Waals surface area contributed by atoms with Gasteiger partial charge in [0.1, 0.15) is 6.61 Å². The molecule has 0 heterocycles. The van der Waals surface area contributed by atoms with Gasteiger partial charge in [-0.15, -0.1) is 0 Å². The van der Waals surface area contributed by atoms with Gasteiger partial charge in [0.05, 0.1) is 5.41 Å². The zero-order chi connectivity index (χ0) is 25.3. The molecule has 186 valence electrons. The van der Waals surface area contributed by atoms with E-state index in [4.69, 9.17) is 4.74 Å². The lowest BCUT2D eigenvalue weighted by Gasteiger charge is -2.34. The summed E-state index contributed by atoms with van der Waals surface area (Å²) >= 11 is 0. The van der Waals surface area contributed by atoms with E-state index in [1.54, 1.807) is 13.8 Å². The van der Waals surface area contributed by atoms with E-state index >= 15 is 0 Å². The summed E-state index contributed by atoms with van der Waals surface area (Å²) < 4.78 is 5.56. The molecule has 3 unspecified atom stereocenters. The van der Waals surface area contributed by atoms with Gasteiger partial charge in [0.25, 0.3) is 0 Å². The third-order valence-electron chi connectivity index (χ3n) is 7.40. The fourth-order valence-electron chi connectivity index (χ4n) is 5.23. The molecule has 0 aliphatic heterocycles. The van der Waals surface area contributed by atoms with Gasteiger partial charge in [0, 0.05) is 24.4 Å². The Balaban J connectivity index is 1.26. The zero-order valence-electron chi connectivity index (χ0n) is 20.7. The van der Waals surface area contributed by atoms with Crippen LogP contribution in [0.15, 0.2) is 48.5 Å². The van der Waals surface area contributed by atoms with Crippen molar-refractivity contribution in [1.29, 1.82) is 0 Å². The Labute approximate surface area is 206 Å². The number of rotatable bonds is 9. The SMILES string of the molecule is CC(C)C(NC(=O)C1CC1CNC(=O)OCC1c2ccccc2-c2ccccc21)C(C)(C)C(=O)O. The minimum atomic E-state index is -1.08. The molecule has 2 aliphatic rings. The molecule has 3 N–H and O–H groups in total. The summed E-state index contributed by atoms with van der Waals surface area (Å²) in [7, 11) is 0. The molecule has 2 amide bonds. The van der Waals surface area contributed by atoms with Crippen LogP contribution < -0.4 is 10.6 Å². The molecule has 2 aliphatic carbocycles. The van der Waals surface area contributed by atoms with E-state index in [-0.39, 0.29) is 36.2 Å². The van der Waals surface area contributed by atoms with Crippen molar-refractivity contribution in [2.75, 3.05) is 13.2 Å². The molecule has 4 rings (SSSR count). The number of carboxylic acid groups (broad SMARTS) is 1. The standard InChI is InChI=1S/C28H34N2O5/c1-16(2)24(28(3,4)26(32)33)30-25(31)22-13-17(22)14-29-27(34)35-15-23-20-11-7-5-9-18(20)19-10-6-8-12-21(19)23/h5-12,16-17,22-24H,13-15H2,1-4H3,(H,29,34)(H,30,31)(H,32,33). The highest BCUT2D eigenvalue weighted by atomic mass is 16.5. The van der Waals surface area contributed by atoms with Crippen LogP contribution in [0.5, 0.6) is 0 Å². The number of amides is 2. The number of aliphatic carboxylic acids is 1. The summed E-state index contributed by atoms with van der Waals surface area (Å²) in [5.74, 6) is -1.33. The minimum Gasteiger partial charge on any atom is -0.481 e. The van der Waals surface area contributed by atoms with Crippen LogP contribution in [-0.2, 0) is 14.3 Å². The van der Waals surface area contributed by atoms with E-state index in [2.05, 4.69) is 34.9 Å². The number of ether oxygens (including phenoxy) is 1. The summed E-state index contributed by atoms with van der Waals surface area (Å²) in [6, 6.07) is 15.9. The number of benzene rings is 2. The van der Waals surface area contributed by atoms with Gasteiger partial charge in [0.2, 0.25) is 5.91 Å². The Hall–Kier alpha value is -3.35. The van der Waals surface area contributed by atoms with Crippen molar-refractivity contribution >= 4 is 18.0 Å². The zero-order valence-corrected chi connectivity index (χ0v) is 20.7. The van der Waals surface area contributed by atoms with Crippen LogP contribution in [0.1, 0.15) is 51.2 Å². The molecule has 0 saturated heterocycles. The summed E-state index contributed by atoms with van der Waals surface area (Å²) in [6.07, 6.45) is 0.165. The van der Waals surface area contributed by atoms with Crippen molar-refractivity contribution in [2.45, 2.75) is 46.1 Å². The summed E-state index contributed by atoms with van der Waals surface area (Å²) in [5, 5.41) is 15.3.